The molecule has 1 saturated heterocycles. The Morgan fingerprint density at radius 2 is 1.63 bits per heavy atom. The van der Waals surface area contributed by atoms with Gasteiger partial charge in [0.1, 0.15) is 11.6 Å². The predicted molar refractivity (Wildman–Crippen MR) is 108 cm³/mol. The fraction of sp³-hybridized carbons (Fsp3) is 0.238. The van der Waals surface area contributed by atoms with E-state index >= 15 is 0 Å². The van der Waals surface area contributed by atoms with Crippen molar-refractivity contribution < 1.29 is 22.3 Å². The molecule has 0 unspecified atom stereocenters. The van der Waals surface area contributed by atoms with Gasteiger partial charge in [-0.15, -0.1) is 12.6 Å². The van der Waals surface area contributed by atoms with E-state index < -0.39 is 17.8 Å². The van der Waals surface area contributed by atoms with Gasteiger partial charge in [-0.25, -0.2) is 14.4 Å². The minimum atomic E-state index is -4.74. The summed E-state index contributed by atoms with van der Waals surface area (Å²) in [6, 6.07) is 12.2. The molecule has 2 heterocycles. The van der Waals surface area contributed by atoms with Gasteiger partial charge in [0.05, 0.1) is 24.5 Å². The lowest BCUT2D eigenvalue weighted by atomic mass is 9.98. The van der Waals surface area contributed by atoms with Gasteiger partial charge in [0, 0.05) is 23.5 Å². The highest BCUT2D eigenvalue weighted by Crippen LogP contribution is 2.41. The van der Waals surface area contributed by atoms with Crippen LogP contribution in [0, 0.1) is 5.82 Å². The minimum absolute atomic E-state index is 0.0813. The third kappa shape index (κ3) is 4.27. The first-order valence-corrected chi connectivity index (χ1v) is 9.65. The second kappa shape index (κ2) is 8.23. The molecule has 0 amide bonds. The van der Waals surface area contributed by atoms with Crippen LogP contribution in [0.25, 0.3) is 22.4 Å². The van der Waals surface area contributed by atoms with E-state index in [9.17, 15) is 17.6 Å². The largest absolute Gasteiger partial charge is 0.451 e. The van der Waals surface area contributed by atoms with Gasteiger partial charge in [-0.2, -0.15) is 13.2 Å². The Morgan fingerprint density at radius 3 is 2.27 bits per heavy atom. The van der Waals surface area contributed by atoms with Crippen LogP contribution >= 0.6 is 12.6 Å². The van der Waals surface area contributed by atoms with Crippen molar-refractivity contribution in [3.05, 3.63) is 60.2 Å². The molecular weight excluding hydrogens is 418 g/mol. The van der Waals surface area contributed by atoms with Gasteiger partial charge in [0.15, 0.2) is 0 Å². The van der Waals surface area contributed by atoms with Crippen molar-refractivity contribution in [3.63, 3.8) is 0 Å². The highest BCUT2D eigenvalue weighted by molar-refractivity contribution is 7.80. The van der Waals surface area contributed by atoms with E-state index in [0.717, 1.165) is 0 Å². The molecule has 2 aromatic carbocycles. The summed E-state index contributed by atoms with van der Waals surface area (Å²) < 4.78 is 59.8. The number of morpholine rings is 1. The standard InChI is InChI=1S/C21H17F4N3OS/c22-15-6-4-13(5-7-15)18-17(14-2-1-3-16(30)12-14)19(28-8-10-29-11-9-28)27-20(26-18)21(23,24)25/h1-7,12,30H,8-11H2. The third-order valence-corrected chi connectivity index (χ3v) is 4.98. The van der Waals surface area contributed by atoms with Gasteiger partial charge >= 0.3 is 6.18 Å². The molecule has 1 aliphatic heterocycles. The summed E-state index contributed by atoms with van der Waals surface area (Å²) in [6.45, 7) is 1.54. The number of rotatable bonds is 3. The van der Waals surface area contributed by atoms with Crippen LogP contribution in [0.3, 0.4) is 0 Å². The first kappa shape index (κ1) is 20.6. The molecule has 0 atom stereocenters. The van der Waals surface area contributed by atoms with E-state index in [1.165, 1.54) is 24.3 Å². The van der Waals surface area contributed by atoms with E-state index in [-0.39, 0.29) is 11.5 Å². The number of alkyl halides is 3. The Morgan fingerprint density at radius 1 is 0.933 bits per heavy atom. The summed E-state index contributed by atoms with van der Waals surface area (Å²) in [7, 11) is 0. The van der Waals surface area contributed by atoms with Crippen molar-refractivity contribution in [3.8, 4) is 22.4 Å². The summed E-state index contributed by atoms with van der Waals surface area (Å²) in [5.41, 5.74) is 1.50. The van der Waals surface area contributed by atoms with Crippen LogP contribution in [0.15, 0.2) is 53.4 Å². The molecule has 1 fully saturated rings. The van der Waals surface area contributed by atoms with Gasteiger partial charge in [-0.1, -0.05) is 12.1 Å². The lowest BCUT2D eigenvalue weighted by Gasteiger charge is -2.31. The van der Waals surface area contributed by atoms with Crippen molar-refractivity contribution in [1.29, 1.82) is 0 Å². The van der Waals surface area contributed by atoms with E-state index in [2.05, 4.69) is 22.6 Å². The Balaban J connectivity index is 2.03. The van der Waals surface area contributed by atoms with Crippen LogP contribution in [0.4, 0.5) is 23.4 Å². The Bertz CT molecular complexity index is 1050. The maximum absolute atomic E-state index is 13.7. The van der Waals surface area contributed by atoms with E-state index in [1.807, 2.05) is 0 Å². The molecule has 0 radical (unpaired) electrons. The maximum Gasteiger partial charge on any atom is 0.451 e. The molecule has 0 saturated carbocycles. The Kier molecular flexibility index (Phi) is 5.66. The van der Waals surface area contributed by atoms with Gasteiger partial charge in [0.25, 0.3) is 0 Å². The van der Waals surface area contributed by atoms with Crippen LogP contribution in [0.2, 0.25) is 0 Å². The second-order valence-electron chi connectivity index (χ2n) is 6.75. The minimum Gasteiger partial charge on any atom is -0.378 e. The highest BCUT2D eigenvalue weighted by atomic mass is 32.1. The van der Waals surface area contributed by atoms with Gasteiger partial charge < -0.3 is 9.64 Å². The van der Waals surface area contributed by atoms with Crippen molar-refractivity contribution >= 4 is 18.4 Å². The average Bonchev–Trinajstić information content (AvgIpc) is 2.73. The Labute approximate surface area is 175 Å². The number of nitrogens with zero attached hydrogens (tertiary/aromatic N) is 3. The molecule has 9 heteroatoms. The zero-order valence-corrected chi connectivity index (χ0v) is 16.6. The molecule has 30 heavy (non-hydrogen) atoms. The molecule has 0 spiro atoms. The molecule has 4 rings (SSSR count). The van der Waals surface area contributed by atoms with Gasteiger partial charge in [-0.3, -0.25) is 0 Å². The first-order valence-electron chi connectivity index (χ1n) is 9.20. The number of benzene rings is 2. The van der Waals surface area contributed by atoms with Gasteiger partial charge in [-0.05, 0) is 42.0 Å². The lowest BCUT2D eigenvalue weighted by Crippen LogP contribution is -2.37. The molecule has 0 aliphatic carbocycles. The summed E-state index contributed by atoms with van der Waals surface area (Å²) in [6.07, 6.45) is -4.74. The van der Waals surface area contributed by atoms with Crippen LogP contribution in [0.1, 0.15) is 5.82 Å². The maximum atomic E-state index is 13.7. The number of halogens is 4. The predicted octanol–water partition coefficient (Wildman–Crippen LogP) is 5.09. The summed E-state index contributed by atoms with van der Waals surface area (Å²) in [5.74, 6) is -1.57. The molecule has 1 aliphatic rings. The van der Waals surface area contributed by atoms with Crippen LogP contribution < -0.4 is 4.90 Å². The number of hydrogen-bond donors (Lipinski definition) is 1. The monoisotopic (exact) mass is 435 g/mol. The molecule has 4 nitrogen and oxygen atoms in total. The number of ether oxygens (including phenoxy) is 1. The zero-order chi connectivity index (χ0) is 21.3. The van der Waals surface area contributed by atoms with E-state index in [4.69, 9.17) is 4.74 Å². The normalized spacial score (nSPS) is 14.8. The molecule has 0 bridgehead atoms. The quantitative estimate of drug-likeness (QED) is 0.459. The van der Waals surface area contributed by atoms with Crippen molar-refractivity contribution in [2.45, 2.75) is 11.1 Å². The SMILES string of the molecule is Fc1ccc(-c2nc(C(F)(F)F)nc(N3CCOCC3)c2-c2cccc(S)c2)cc1. The van der Waals surface area contributed by atoms with E-state index in [1.54, 1.807) is 29.2 Å². The van der Waals surface area contributed by atoms with Gasteiger partial charge in [0.2, 0.25) is 5.82 Å². The molecule has 3 aromatic rings. The fourth-order valence-corrected chi connectivity index (χ4v) is 3.55. The van der Waals surface area contributed by atoms with Crippen LogP contribution in [-0.4, -0.2) is 36.3 Å². The van der Waals surface area contributed by atoms with Crippen LogP contribution in [-0.2, 0) is 10.9 Å². The number of anilines is 1. The number of hydrogen-bond acceptors (Lipinski definition) is 5. The van der Waals surface area contributed by atoms with Crippen molar-refractivity contribution in [2.24, 2.45) is 0 Å². The van der Waals surface area contributed by atoms with Crippen molar-refractivity contribution in [2.75, 3.05) is 31.2 Å². The highest BCUT2D eigenvalue weighted by Gasteiger charge is 2.37. The van der Waals surface area contributed by atoms with E-state index in [0.29, 0.717) is 47.9 Å². The lowest BCUT2D eigenvalue weighted by molar-refractivity contribution is -0.144. The number of thiol groups is 1. The zero-order valence-electron chi connectivity index (χ0n) is 15.7. The first-order chi connectivity index (χ1) is 14.3. The molecule has 0 N–H and O–H groups in total. The summed E-state index contributed by atoms with van der Waals surface area (Å²) in [5, 5.41) is 0. The molecular formula is C21H17F4N3OS. The van der Waals surface area contributed by atoms with Crippen molar-refractivity contribution in [1.82, 2.24) is 9.97 Å². The molecule has 1 aromatic heterocycles. The topological polar surface area (TPSA) is 38.2 Å². The Hall–Kier alpha value is -2.65. The summed E-state index contributed by atoms with van der Waals surface area (Å²) >= 11 is 4.36. The smallest absolute Gasteiger partial charge is 0.378 e. The average molecular weight is 435 g/mol. The number of aromatic nitrogens is 2. The summed E-state index contributed by atoms with van der Waals surface area (Å²) in [4.78, 5) is 10.2. The fourth-order valence-electron chi connectivity index (χ4n) is 3.32. The third-order valence-electron chi connectivity index (χ3n) is 4.71. The molecule has 156 valence electrons. The second-order valence-corrected chi connectivity index (χ2v) is 7.27. The van der Waals surface area contributed by atoms with Crippen LogP contribution in [0.5, 0.6) is 0 Å².